The molecule has 0 unspecified atom stereocenters. The number of benzene rings is 1. The number of aryl methyl sites for hydroxylation is 1. The molecule has 0 spiro atoms. The first-order valence-electron chi connectivity index (χ1n) is 7.17. The van der Waals surface area contributed by atoms with Crippen molar-refractivity contribution in [2.45, 2.75) is 13.3 Å². The molecule has 0 atom stereocenters. The molecule has 1 amide bonds. The summed E-state index contributed by atoms with van der Waals surface area (Å²) in [7, 11) is 0. The molecule has 1 N–H and O–H groups in total. The van der Waals surface area contributed by atoms with E-state index >= 15 is 0 Å². The lowest BCUT2D eigenvalue weighted by molar-refractivity contribution is 0.0946. The summed E-state index contributed by atoms with van der Waals surface area (Å²) in [5.74, 6) is -0.0963. The second-order valence-corrected chi connectivity index (χ2v) is 6.04. The molecule has 1 aromatic carbocycles. The minimum absolute atomic E-state index is 0.0963. The molecule has 0 aliphatic carbocycles. The predicted molar refractivity (Wildman–Crippen MR) is 88.7 cm³/mol. The quantitative estimate of drug-likeness (QED) is 0.786. The molecule has 0 aliphatic heterocycles. The monoisotopic (exact) mass is 311 g/mol. The highest BCUT2D eigenvalue weighted by atomic mass is 32.1. The molecule has 0 saturated heterocycles. The molecule has 22 heavy (non-hydrogen) atoms. The fourth-order valence-electron chi connectivity index (χ4n) is 2.27. The molecule has 0 saturated carbocycles. The van der Waals surface area contributed by atoms with Gasteiger partial charge in [-0.15, -0.1) is 11.3 Å². The van der Waals surface area contributed by atoms with E-state index in [1.807, 2.05) is 54.8 Å². The van der Waals surface area contributed by atoms with Crippen LogP contribution in [0, 0.1) is 6.92 Å². The molecule has 2 heterocycles. The summed E-state index contributed by atoms with van der Waals surface area (Å²) in [5.41, 5.74) is 2.28. The Hall–Kier alpha value is -2.40. The fourth-order valence-corrected chi connectivity index (χ4v) is 2.98. The maximum absolute atomic E-state index is 12.4. The summed E-state index contributed by atoms with van der Waals surface area (Å²) in [6.07, 6.45) is 0.849. The van der Waals surface area contributed by atoms with Gasteiger partial charge in [0.2, 0.25) is 0 Å². The van der Waals surface area contributed by atoms with Crippen molar-refractivity contribution in [2.24, 2.45) is 0 Å². The SMILES string of the molecule is Cc1cc(C(=O)NCCc2cccs2)n(-c2ccccc2)n1. The summed E-state index contributed by atoms with van der Waals surface area (Å²) < 4.78 is 1.69. The summed E-state index contributed by atoms with van der Waals surface area (Å²) in [5, 5.41) is 9.43. The van der Waals surface area contributed by atoms with Gasteiger partial charge >= 0.3 is 0 Å². The lowest BCUT2D eigenvalue weighted by Crippen LogP contribution is -2.27. The molecule has 0 aliphatic rings. The zero-order valence-electron chi connectivity index (χ0n) is 12.3. The Kier molecular flexibility index (Phi) is 4.34. The van der Waals surface area contributed by atoms with E-state index in [0.717, 1.165) is 17.8 Å². The van der Waals surface area contributed by atoms with Crippen LogP contribution in [0.2, 0.25) is 0 Å². The highest BCUT2D eigenvalue weighted by Gasteiger charge is 2.14. The normalized spacial score (nSPS) is 10.6. The van der Waals surface area contributed by atoms with Gasteiger partial charge in [0.25, 0.3) is 5.91 Å². The van der Waals surface area contributed by atoms with Crippen molar-refractivity contribution < 1.29 is 4.79 Å². The molecule has 0 bridgehead atoms. The van der Waals surface area contributed by atoms with Crippen molar-refractivity contribution in [2.75, 3.05) is 6.54 Å². The third-order valence-corrected chi connectivity index (χ3v) is 4.24. The van der Waals surface area contributed by atoms with Crippen molar-refractivity contribution in [3.63, 3.8) is 0 Å². The van der Waals surface area contributed by atoms with Gasteiger partial charge in [-0.05, 0) is 43.0 Å². The third kappa shape index (κ3) is 3.26. The molecule has 0 fully saturated rings. The number of nitrogens with one attached hydrogen (secondary N) is 1. The number of nitrogens with zero attached hydrogens (tertiary/aromatic N) is 2. The Labute approximate surface area is 133 Å². The molecule has 4 nitrogen and oxygen atoms in total. The van der Waals surface area contributed by atoms with Gasteiger partial charge in [-0.1, -0.05) is 24.3 Å². The van der Waals surface area contributed by atoms with Crippen molar-refractivity contribution in [3.05, 3.63) is 70.2 Å². The van der Waals surface area contributed by atoms with E-state index in [-0.39, 0.29) is 5.91 Å². The van der Waals surface area contributed by atoms with Crippen LogP contribution < -0.4 is 5.32 Å². The molecular formula is C17H17N3OS. The Morgan fingerprint density at radius 1 is 1.23 bits per heavy atom. The van der Waals surface area contributed by atoms with Gasteiger partial charge in [-0.3, -0.25) is 4.79 Å². The average molecular weight is 311 g/mol. The third-order valence-electron chi connectivity index (χ3n) is 3.30. The lowest BCUT2D eigenvalue weighted by Gasteiger charge is -2.08. The Balaban J connectivity index is 1.72. The number of rotatable bonds is 5. The van der Waals surface area contributed by atoms with Crippen LogP contribution in [0.15, 0.2) is 53.9 Å². The maximum Gasteiger partial charge on any atom is 0.270 e. The Morgan fingerprint density at radius 3 is 2.77 bits per heavy atom. The highest BCUT2D eigenvalue weighted by molar-refractivity contribution is 7.09. The zero-order valence-corrected chi connectivity index (χ0v) is 13.1. The van der Waals surface area contributed by atoms with Crippen molar-refractivity contribution in [3.8, 4) is 5.69 Å². The predicted octanol–water partition coefficient (Wildman–Crippen LogP) is 3.21. The van der Waals surface area contributed by atoms with E-state index in [2.05, 4.69) is 16.5 Å². The summed E-state index contributed by atoms with van der Waals surface area (Å²) in [6.45, 7) is 2.51. The van der Waals surface area contributed by atoms with Crippen LogP contribution in [0.3, 0.4) is 0 Å². The van der Waals surface area contributed by atoms with E-state index in [0.29, 0.717) is 12.2 Å². The number of hydrogen-bond donors (Lipinski definition) is 1. The number of hydrogen-bond acceptors (Lipinski definition) is 3. The largest absolute Gasteiger partial charge is 0.350 e. The van der Waals surface area contributed by atoms with E-state index in [4.69, 9.17) is 0 Å². The van der Waals surface area contributed by atoms with Gasteiger partial charge in [-0.25, -0.2) is 4.68 Å². The summed E-state index contributed by atoms with van der Waals surface area (Å²) in [4.78, 5) is 13.7. The fraction of sp³-hybridized carbons (Fsp3) is 0.176. The van der Waals surface area contributed by atoms with Gasteiger partial charge in [0.15, 0.2) is 0 Å². The van der Waals surface area contributed by atoms with Crippen LogP contribution in [0.1, 0.15) is 21.1 Å². The first-order chi connectivity index (χ1) is 10.7. The molecule has 3 rings (SSSR count). The van der Waals surface area contributed by atoms with E-state index in [1.54, 1.807) is 16.0 Å². The molecular weight excluding hydrogens is 294 g/mol. The zero-order chi connectivity index (χ0) is 15.4. The summed E-state index contributed by atoms with van der Waals surface area (Å²) >= 11 is 1.71. The van der Waals surface area contributed by atoms with Crippen molar-refractivity contribution in [1.82, 2.24) is 15.1 Å². The van der Waals surface area contributed by atoms with E-state index in [1.165, 1.54) is 4.88 Å². The van der Waals surface area contributed by atoms with Crippen LogP contribution >= 0.6 is 11.3 Å². The number of aromatic nitrogens is 2. The number of carbonyl (C=O) groups excluding carboxylic acids is 1. The van der Waals surface area contributed by atoms with Gasteiger partial charge in [-0.2, -0.15) is 5.10 Å². The topological polar surface area (TPSA) is 46.9 Å². The maximum atomic E-state index is 12.4. The van der Waals surface area contributed by atoms with Crippen LogP contribution in [-0.2, 0) is 6.42 Å². The van der Waals surface area contributed by atoms with Gasteiger partial charge in [0.1, 0.15) is 5.69 Å². The van der Waals surface area contributed by atoms with Gasteiger partial charge in [0, 0.05) is 11.4 Å². The molecule has 0 radical (unpaired) electrons. The average Bonchev–Trinajstić information content (AvgIpc) is 3.17. The van der Waals surface area contributed by atoms with Crippen molar-refractivity contribution in [1.29, 1.82) is 0 Å². The van der Waals surface area contributed by atoms with Gasteiger partial charge in [0.05, 0.1) is 11.4 Å². The number of carbonyl (C=O) groups is 1. The highest BCUT2D eigenvalue weighted by Crippen LogP contribution is 2.13. The van der Waals surface area contributed by atoms with Crippen LogP contribution in [-0.4, -0.2) is 22.2 Å². The molecule has 3 aromatic rings. The van der Waals surface area contributed by atoms with Crippen LogP contribution in [0.4, 0.5) is 0 Å². The van der Waals surface area contributed by atoms with Crippen molar-refractivity contribution >= 4 is 17.2 Å². The molecule has 112 valence electrons. The number of para-hydroxylation sites is 1. The number of amides is 1. The first kappa shape index (κ1) is 14.5. The molecule has 5 heteroatoms. The minimum Gasteiger partial charge on any atom is -0.350 e. The van der Waals surface area contributed by atoms with Crippen LogP contribution in [0.5, 0.6) is 0 Å². The smallest absolute Gasteiger partial charge is 0.270 e. The second-order valence-electron chi connectivity index (χ2n) is 5.00. The Bertz CT molecular complexity index is 748. The second kappa shape index (κ2) is 6.58. The van der Waals surface area contributed by atoms with Crippen LogP contribution in [0.25, 0.3) is 5.69 Å². The van der Waals surface area contributed by atoms with E-state index in [9.17, 15) is 4.79 Å². The molecule has 2 aromatic heterocycles. The standard InChI is InChI=1S/C17H17N3OS/c1-13-12-16(20(19-13)14-6-3-2-4-7-14)17(21)18-10-9-15-8-5-11-22-15/h2-8,11-12H,9-10H2,1H3,(H,18,21). The minimum atomic E-state index is -0.0963. The lowest BCUT2D eigenvalue weighted by atomic mass is 10.3. The van der Waals surface area contributed by atoms with Gasteiger partial charge < -0.3 is 5.32 Å². The Morgan fingerprint density at radius 2 is 2.05 bits per heavy atom. The van der Waals surface area contributed by atoms with E-state index < -0.39 is 0 Å². The first-order valence-corrected chi connectivity index (χ1v) is 8.04. The number of thiophene rings is 1. The summed E-state index contributed by atoms with van der Waals surface area (Å²) in [6, 6.07) is 15.6.